The second-order valence-electron chi connectivity index (χ2n) is 6.87. The van der Waals surface area contributed by atoms with E-state index >= 15 is 0 Å². The van der Waals surface area contributed by atoms with Gasteiger partial charge in [-0.3, -0.25) is 0 Å². The Morgan fingerprint density at radius 1 is 1.24 bits per heavy atom. The predicted molar refractivity (Wildman–Crippen MR) is 133 cm³/mol. The molecule has 0 radical (unpaired) electrons. The number of halogens is 1. The lowest BCUT2D eigenvalue weighted by Crippen LogP contribution is -2.44. The third-order valence-electron chi connectivity index (χ3n) is 4.92. The van der Waals surface area contributed by atoms with Crippen LogP contribution in [0.5, 0.6) is 11.5 Å². The third kappa shape index (κ3) is 6.40. The SMILES string of the molecule is CCNC(=NCc1sccc1C)NC1CCN(c2cc(OC)cc(OC)c2)C1.I. The van der Waals surface area contributed by atoms with Gasteiger partial charge in [-0.2, -0.15) is 0 Å². The summed E-state index contributed by atoms with van der Waals surface area (Å²) in [6, 6.07) is 8.51. The molecule has 1 aromatic heterocycles. The van der Waals surface area contributed by atoms with Crippen LogP contribution in [0.25, 0.3) is 0 Å². The number of aryl methyl sites for hydroxylation is 1. The van der Waals surface area contributed by atoms with Gasteiger partial charge in [0.15, 0.2) is 5.96 Å². The summed E-state index contributed by atoms with van der Waals surface area (Å²) >= 11 is 1.76. The molecule has 2 heterocycles. The smallest absolute Gasteiger partial charge is 0.191 e. The van der Waals surface area contributed by atoms with Gasteiger partial charge in [-0.1, -0.05) is 0 Å². The lowest BCUT2D eigenvalue weighted by molar-refractivity contribution is 0.394. The Morgan fingerprint density at radius 3 is 2.55 bits per heavy atom. The van der Waals surface area contributed by atoms with E-state index in [4.69, 9.17) is 14.5 Å². The van der Waals surface area contributed by atoms with Gasteiger partial charge in [0.2, 0.25) is 0 Å². The molecule has 1 aliphatic rings. The Balaban J connectivity index is 0.00000300. The van der Waals surface area contributed by atoms with E-state index in [1.807, 2.05) is 6.07 Å². The minimum absolute atomic E-state index is 0. The Labute approximate surface area is 194 Å². The molecule has 1 saturated heterocycles. The van der Waals surface area contributed by atoms with E-state index in [9.17, 15) is 0 Å². The lowest BCUT2D eigenvalue weighted by atomic mass is 10.2. The van der Waals surface area contributed by atoms with Crippen LogP contribution in [0.3, 0.4) is 0 Å². The molecule has 2 aromatic rings. The fourth-order valence-electron chi connectivity index (χ4n) is 3.32. The Hall–Kier alpha value is -1.68. The summed E-state index contributed by atoms with van der Waals surface area (Å²) in [5, 5.41) is 9.09. The van der Waals surface area contributed by atoms with Crippen LogP contribution < -0.4 is 25.0 Å². The number of hydrogen-bond acceptors (Lipinski definition) is 5. The molecule has 0 spiro atoms. The van der Waals surface area contributed by atoms with Crippen molar-refractivity contribution in [1.82, 2.24) is 10.6 Å². The van der Waals surface area contributed by atoms with Gasteiger partial charge in [0.1, 0.15) is 11.5 Å². The maximum atomic E-state index is 5.41. The normalized spacial score (nSPS) is 16.3. The fraction of sp³-hybridized carbons (Fsp3) is 0.476. The lowest BCUT2D eigenvalue weighted by Gasteiger charge is -2.21. The van der Waals surface area contributed by atoms with E-state index in [0.717, 1.165) is 49.2 Å². The molecular weight excluding hydrogens is 499 g/mol. The number of methoxy groups -OCH3 is 2. The van der Waals surface area contributed by atoms with Crippen molar-refractivity contribution in [3.63, 3.8) is 0 Å². The van der Waals surface area contributed by atoms with Crippen LogP contribution in [0.1, 0.15) is 23.8 Å². The Bertz CT molecular complexity index is 789. The van der Waals surface area contributed by atoms with E-state index in [0.29, 0.717) is 12.6 Å². The van der Waals surface area contributed by atoms with Crippen LogP contribution in [0.2, 0.25) is 0 Å². The first kappa shape index (κ1) is 23.6. The maximum Gasteiger partial charge on any atom is 0.191 e. The summed E-state index contributed by atoms with van der Waals surface area (Å²) in [7, 11) is 3.36. The van der Waals surface area contributed by atoms with Gasteiger partial charge < -0.3 is 25.0 Å². The van der Waals surface area contributed by atoms with Crippen molar-refractivity contribution in [1.29, 1.82) is 0 Å². The number of rotatable bonds is 7. The number of guanidine groups is 1. The van der Waals surface area contributed by atoms with Crippen molar-refractivity contribution in [2.75, 3.05) is 38.8 Å². The summed E-state index contributed by atoms with van der Waals surface area (Å²) in [6.45, 7) is 7.69. The molecule has 8 heteroatoms. The first-order chi connectivity index (χ1) is 13.6. The summed E-state index contributed by atoms with van der Waals surface area (Å²) in [5.74, 6) is 2.50. The molecule has 1 atom stereocenters. The number of aliphatic imine (C=N–C) groups is 1. The number of nitrogens with zero attached hydrogens (tertiary/aromatic N) is 2. The van der Waals surface area contributed by atoms with Crippen molar-refractivity contribution in [3.8, 4) is 11.5 Å². The van der Waals surface area contributed by atoms with Crippen molar-refractivity contribution in [3.05, 3.63) is 40.1 Å². The first-order valence-electron chi connectivity index (χ1n) is 9.68. The van der Waals surface area contributed by atoms with Gasteiger partial charge in [0.25, 0.3) is 0 Å². The largest absolute Gasteiger partial charge is 0.497 e. The molecule has 1 aliphatic heterocycles. The van der Waals surface area contributed by atoms with Gasteiger partial charge in [0, 0.05) is 54.4 Å². The van der Waals surface area contributed by atoms with E-state index in [2.05, 4.69) is 53.0 Å². The Morgan fingerprint density at radius 2 is 1.97 bits per heavy atom. The van der Waals surface area contributed by atoms with Crippen molar-refractivity contribution in [2.24, 2.45) is 4.99 Å². The Kier molecular flexibility index (Phi) is 9.35. The van der Waals surface area contributed by atoms with E-state index in [-0.39, 0.29) is 24.0 Å². The van der Waals surface area contributed by atoms with E-state index in [1.54, 1.807) is 25.6 Å². The van der Waals surface area contributed by atoms with Gasteiger partial charge in [-0.25, -0.2) is 4.99 Å². The van der Waals surface area contributed by atoms with Crippen LogP contribution in [-0.4, -0.2) is 45.9 Å². The zero-order valence-electron chi connectivity index (χ0n) is 17.5. The molecule has 29 heavy (non-hydrogen) atoms. The van der Waals surface area contributed by atoms with Crippen LogP contribution in [-0.2, 0) is 6.54 Å². The number of nitrogens with one attached hydrogen (secondary N) is 2. The van der Waals surface area contributed by atoms with E-state index < -0.39 is 0 Å². The number of anilines is 1. The molecule has 1 unspecified atom stereocenters. The van der Waals surface area contributed by atoms with Gasteiger partial charge in [0.05, 0.1) is 20.8 Å². The molecule has 3 rings (SSSR count). The average molecular weight is 530 g/mol. The molecule has 2 N–H and O–H groups in total. The van der Waals surface area contributed by atoms with Gasteiger partial charge in [-0.05, 0) is 37.3 Å². The minimum Gasteiger partial charge on any atom is -0.497 e. The highest BCUT2D eigenvalue weighted by Crippen LogP contribution is 2.30. The number of ether oxygens (including phenoxy) is 2. The fourth-order valence-corrected chi connectivity index (χ4v) is 4.15. The van der Waals surface area contributed by atoms with E-state index in [1.165, 1.54) is 10.4 Å². The van der Waals surface area contributed by atoms with Crippen LogP contribution in [0.15, 0.2) is 34.6 Å². The standard InChI is InChI=1S/C21H30N4O2S.HI/c1-5-22-21(23-13-20-15(2)7-9-28-20)24-16-6-8-25(14-16)17-10-18(26-3)12-19(11-17)27-4;/h7,9-12,16H,5-6,8,13-14H2,1-4H3,(H2,22,23,24);1H. The summed E-state index contributed by atoms with van der Waals surface area (Å²) in [4.78, 5) is 8.45. The monoisotopic (exact) mass is 530 g/mol. The molecule has 1 aromatic carbocycles. The summed E-state index contributed by atoms with van der Waals surface area (Å²) in [6.07, 6.45) is 1.06. The van der Waals surface area contributed by atoms with Crippen molar-refractivity contribution in [2.45, 2.75) is 32.9 Å². The number of thiophene rings is 1. The van der Waals surface area contributed by atoms with Crippen molar-refractivity contribution >= 4 is 47.0 Å². The molecule has 0 aliphatic carbocycles. The van der Waals surface area contributed by atoms with Crippen LogP contribution >= 0.6 is 35.3 Å². The quantitative estimate of drug-likeness (QED) is 0.322. The maximum absolute atomic E-state index is 5.41. The van der Waals surface area contributed by atoms with Gasteiger partial charge >= 0.3 is 0 Å². The average Bonchev–Trinajstić information content (AvgIpc) is 3.34. The second-order valence-corrected chi connectivity index (χ2v) is 7.87. The number of hydrogen-bond donors (Lipinski definition) is 2. The molecule has 160 valence electrons. The van der Waals surface area contributed by atoms with Gasteiger partial charge in [-0.15, -0.1) is 35.3 Å². The zero-order chi connectivity index (χ0) is 19.9. The van der Waals surface area contributed by atoms with Crippen molar-refractivity contribution < 1.29 is 9.47 Å². The highest BCUT2D eigenvalue weighted by atomic mass is 127. The zero-order valence-corrected chi connectivity index (χ0v) is 20.7. The highest BCUT2D eigenvalue weighted by molar-refractivity contribution is 14.0. The highest BCUT2D eigenvalue weighted by Gasteiger charge is 2.24. The van der Waals surface area contributed by atoms with Crippen LogP contribution in [0.4, 0.5) is 5.69 Å². The second kappa shape index (κ2) is 11.5. The first-order valence-corrected chi connectivity index (χ1v) is 10.6. The number of benzene rings is 1. The molecular formula is C21H31IN4O2S. The van der Waals surface area contributed by atoms with Crippen LogP contribution in [0, 0.1) is 6.92 Å². The predicted octanol–water partition coefficient (Wildman–Crippen LogP) is 4.03. The molecule has 6 nitrogen and oxygen atoms in total. The topological polar surface area (TPSA) is 58.1 Å². The summed E-state index contributed by atoms with van der Waals surface area (Å²) < 4.78 is 10.8. The molecule has 0 saturated carbocycles. The molecule has 1 fully saturated rings. The minimum atomic E-state index is 0. The third-order valence-corrected chi connectivity index (χ3v) is 5.93. The molecule has 0 amide bonds. The molecule has 0 bridgehead atoms. The summed E-state index contributed by atoms with van der Waals surface area (Å²) in [5.41, 5.74) is 2.43.